The molecule has 0 aliphatic heterocycles. The Morgan fingerprint density at radius 2 is 1.78 bits per heavy atom. The van der Waals surface area contributed by atoms with Gasteiger partial charge in [-0.15, -0.1) is 0 Å². The number of carbonyl (C=O) groups excluding carboxylic acids is 1. The number of nitrogens with one attached hydrogen (secondary N) is 1. The molecule has 0 spiro atoms. The Morgan fingerprint density at radius 1 is 1.22 bits per heavy atom. The molecule has 0 aromatic heterocycles. The maximum absolute atomic E-state index is 11.3. The second-order valence-electron chi connectivity index (χ2n) is 6.02. The second kappa shape index (κ2) is 8.48. The molecule has 0 aromatic carbocycles. The van der Waals surface area contributed by atoms with E-state index in [1.165, 1.54) is 6.42 Å². The summed E-state index contributed by atoms with van der Waals surface area (Å²) in [4.78, 5) is 13.6. The minimum atomic E-state index is -0.256. The van der Waals surface area contributed by atoms with Crippen molar-refractivity contribution in [2.45, 2.75) is 65.6 Å². The van der Waals surface area contributed by atoms with Crippen LogP contribution in [0.5, 0.6) is 0 Å². The number of primary amides is 1. The Balaban J connectivity index is 4.13. The van der Waals surface area contributed by atoms with Crippen LogP contribution in [-0.2, 0) is 4.79 Å². The van der Waals surface area contributed by atoms with E-state index < -0.39 is 0 Å². The molecule has 18 heavy (non-hydrogen) atoms. The van der Waals surface area contributed by atoms with Crippen molar-refractivity contribution in [2.75, 3.05) is 13.6 Å². The zero-order valence-corrected chi connectivity index (χ0v) is 12.9. The van der Waals surface area contributed by atoms with Gasteiger partial charge in [0.25, 0.3) is 0 Å². The van der Waals surface area contributed by atoms with Gasteiger partial charge in [-0.3, -0.25) is 4.79 Å². The van der Waals surface area contributed by atoms with Crippen molar-refractivity contribution in [3.05, 3.63) is 0 Å². The third-order valence-corrected chi connectivity index (χ3v) is 3.21. The van der Waals surface area contributed by atoms with Gasteiger partial charge in [0.1, 0.15) is 0 Å². The van der Waals surface area contributed by atoms with Crippen molar-refractivity contribution in [3.8, 4) is 0 Å². The maximum atomic E-state index is 11.3. The van der Waals surface area contributed by atoms with Crippen LogP contribution in [0, 0.1) is 5.92 Å². The largest absolute Gasteiger partial charge is 0.368 e. The summed E-state index contributed by atoms with van der Waals surface area (Å²) in [6, 6.07) is 0.595. The molecule has 3 N–H and O–H groups in total. The standard InChI is InChI=1S/C14H31N3O/c1-10(2)9-12(5)17(6)8-7-13(14(15)18)16-11(3)4/h10-13,16H,7-9H2,1-6H3,(H2,15,18). The van der Waals surface area contributed by atoms with Gasteiger partial charge >= 0.3 is 0 Å². The van der Waals surface area contributed by atoms with E-state index in [4.69, 9.17) is 5.73 Å². The van der Waals surface area contributed by atoms with Crippen LogP contribution in [0.4, 0.5) is 0 Å². The molecule has 0 rings (SSSR count). The van der Waals surface area contributed by atoms with Crippen molar-refractivity contribution < 1.29 is 4.79 Å². The van der Waals surface area contributed by atoms with Crippen LogP contribution in [0.1, 0.15) is 47.5 Å². The quantitative estimate of drug-likeness (QED) is 0.659. The summed E-state index contributed by atoms with van der Waals surface area (Å²) in [5.41, 5.74) is 5.41. The minimum Gasteiger partial charge on any atom is -0.368 e. The Morgan fingerprint density at radius 3 is 2.17 bits per heavy atom. The number of rotatable bonds is 9. The molecule has 0 aliphatic rings. The van der Waals surface area contributed by atoms with Gasteiger partial charge in [0.2, 0.25) is 5.91 Å². The third kappa shape index (κ3) is 7.67. The molecule has 4 heteroatoms. The SMILES string of the molecule is CC(C)CC(C)N(C)CCC(NC(C)C)C(N)=O. The third-order valence-electron chi connectivity index (χ3n) is 3.21. The van der Waals surface area contributed by atoms with Crippen LogP contribution in [0.3, 0.4) is 0 Å². The monoisotopic (exact) mass is 257 g/mol. The highest BCUT2D eigenvalue weighted by Gasteiger charge is 2.18. The van der Waals surface area contributed by atoms with Crippen LogP contribution >= 0.6 is 0 Å². The average Bonchev–Trinajstić information content (AvgIpc) is 2.21. The van der Waals surface area contributed by atoms with Gasteiger partial charge in [0.05, 0.1) is 6.04 Å². The number of hydrogen-bond acceptors (Lipinski definition) is 3. The zero-order chi connectivity index (χ0) is 14.3. The molecule has 108 valence electrons. The Hall–Kier alpha value is -0.610. The van der Waals surface area contributed by atoms with Gasteiger partial charge in [-0.2, -0.15) is 0 Å². The fourth-order valence-corrected chi connectivity index (χ4v) is 2.13. The van der Waals surface area contributed by atoms with Gasteiger partial charge in [-0.1, -0.05) is 27.7 Å². The predicted molar refractivity (Wildman–Crippen MR) is 77.4 cm³/mol. The van der Waals surface area contributed by atoms with Crippen LogP contribution < -0.4 is 11.1 Å². The van der Waals surface area contributed by atoms with Crippen molar-refractivity contribution in [1.29, 1.82) is 0 Å². The highest BCUT2D eigenvalue weighted by atomic mass is 16.1. The molecule has 1 amide bonds. The van der Waals surface area contributed by atoms with E-state index in [9.17, 15) is 4.79 Å². The van der Waals surface area contributed by atoms with E-state index in [2.05, 4.69) is 38.0 Å². The van der Waals surface area contributed by atoms with Crippen molar-refractivity contribution in [3.63, 3.8) is 0 Å². The lowest BCUT2D eigenvalue weighted by molar-refractivity contribution is -0.120. The predicted octanol–water partition coefficient (Wildman–Crippen LogP) is 1.59. The first-order valence-electron chi connectivity index (χ1n) is 6.99. The normalized spacial score (nSPS) is 15.4. The molecule has 0 saturated heterocycles. The van der Waals surface area contributed by atoms with E-state index in [-0.39, 0.29) is 18.0 Å². The minimum absolute atomic E-state index is 0.223. The molecule has 0 radical (unpaired) electrons. The summed E-state index contributed by atoms with van der Waals surface area (Å²) in [6.07, 6.45) is 1.95. The average molecular weight is 257 g/mol. The zero-order valence-electron chi connectivity index (χ0n) is 12.9. The molecule has 0 saturated carbocycles. The maximum Gasteiger partial charge on any atom is 0.234 e. The van der Waals surface area contributed by atoms with Gasteiger partial charge in [-0.05, 0) is 32.7 Å². The summed E-state index contributed by atoms with van der Waals surface area (Å²) in [5, 5.41) is 3.21. The molecule has 0 bridgehead atoms. The summed E-state index contributed by atoms with van der Waals surface area (Å²) >= 11 is 0. The first-order valence-corrected chi connectivity index (χ1v) is 6.99. The molecule has 4 nitrogen and oxygen atoms in total. The molecular weight excluding hydrogens is 226 g/mol. The Kier molecular flexibility index (Phi) is 8.20. The van der Waals surface area contributed by atoms with E-state index >= 15 is 0 Å². The highest BCUT2D eigenvalue weighted by Crippen LogP contribution is 2.10. The molecule has 0 fully saturated rings. The lowest BCUT2D eigenvalue weighted by Crippen LogP contribution is -2.46. The molecule has 0 heterocycles. The van der Waals surface area contributed by atoms with Crippen molar-refractivity contribution in [1.82, 2.24) is 10.2 Å². The van der Waals surface area contributed by atoms with Crippen molar-refractivity contribution >= 4 is 5.91 Å². The first kappa shape index (κ1) is 17.4. The van der Waals surface area contributed by atoms with Crippen LogP contribution in [0.2, 0.25) is 0 Å². The van der Waals surface area contributed by atoms with Gasteiger partial charge < -0.3 is 16.0 Å². The lowest BCUT2D eigenvalue weighted by atomic mass is 10.0. The summed E-state index contributed by atoms with van der Waals surface area (Å²) in [5.74, 6) is 0.441. The number of hydrogen-bond donors (Lipinski definition) is 2. The molecule has 0 aromatic rings. The summed E-state index contributed by atoms with van der Waals surface area (Å²) in [7, 11) is 2.11. The van der Waals surface area contributed by atoms with Crippen LogP contribution in [-0.4, -0.2) is 42.5 Å². The molecular formula is C14H31N3O. The van der Waals surface area contributed by atoms with Crippen molar-refractivity contribution in [2.24, 2.45) is 11.7 Å². The van der Waals surface area contributed by atoms with E-state index in [1.54, 1.807) is 0 Å². The lowest BCUT2D eigenvalue weighted by Gasteiger charge is -2.28. The van der Waals surface area contributed by atoms with Gasteiger partial charge in [0.15, 0.2) is 0 Å². The number of nitrogens with zero attached hydrogens (tertiary/aromatic N) is 1. The van der Waals surface area contributed by atoms with E-state index in [0.717, 1.165) is 13.0 Å². The number of amides is 1. The molecule has 0 aliphatic carbocycles. The topological polar surface area (TPSA) is 58.4 Å². The smallest absolute Gasteiger partial charge is 0.234 e. The molecule has 2 unspecified atom stereocenters. The highest BCUT2D eigenvalue weighted by molar-refractivity contribution is 5.79. The summed E-state index contributed by atoms with van der Waals surface area (Å²) < 4.78 is 0. The Labute approximate surface area is 112 Å². The van der Waals surface area contributed by atoms with Crippen LogP contribution in [0.25, 0.3) is 0 Å². The summed E-state index contributed by atoms with van der Waals surface area (Å²) in [6.45, 7) is 11.6. The Bertz CT molecular complexity index is 241. The van der Waals surface area contributed by atoms with Gasteiger partial charge in [-0.25, -0.2) is 0 Å². The fraction of sp³-hybridized carbons (Fsp3) is 0.929. The number of nitrogens with two attached hydrogens (primary N) is 1. The van der Waals surface area contributed by atoms with Crippen LogP contribution in [0.15, 0.2) is 0 Å². The molecule has 2 atom stereocenters. The van der Waals surface area contributed by atoms with E-state index in [1.807, 2.05) is 13.8 Å². The fourth-order valence-electron chi connectivity index (χ4n) is 2.13. The second-order valence-corrected chi connectivity index (χ2v) is 6.02. The number of carbonyl (C=O) groups is 1. The first-order chi connectivity index (χ1) is 8.23. The van der Waals surface area contributed by atoms with Gasteiger partial charge in [0, 0.05) is 18.6 Å². The van der Waals surface area contributed by atoms with E-state index in [0.29, 0.717) is 12.0 Å².